The third-order valence-electron chi connectivity index (χ3n) is 5.67. The van der Waals surface area contributed by atoms with E-state index in [9.17, 15) is 14.4 Å². The van der Waals surface area contributed by atoms with Gasteiger partial charge in [-0.2, -0.15) is 5.01 Å². The average molecular weight is 392 g/mol. The van der Waals surface area contributed by atoms with Crippen molar-refractivity contribution in [1.29, 1.82) is 0 Å². The fourth-order valence-corrected chi connectivity index (χ4v) is 4.46. The molecule has 0 unspecified atom stereocenters. The molecule has 0 atom stereocenters. The summed E-state index contributed by atoms with van der Waals surface area (Å²) in [5.74, 6) is 1.25. The number of hydrazine groups is 1. The van der Waals surface area contributed by atoms with Crippen LogP contribution >= 0.6 is 11.8 Å². The van der Waals surface area contributed by atoms with Crippen molar-refractivity contribution in [2.75, 3.05) is 5.75 Å². The van der Waals surface area contributed by atoms with E-state index in [1.165, 1.54) is 11.8 Å². The molecule has 4 rings (SSSR count). The Balaban J connectivity index is 1.34. The normalized spacial score (nSPS) is 27.9. The molecule has 3 aliphatic rings. The monoisotopic (exact) mass is 392 g/mol. The molecule has 2 heterocycles. The lowest BCUT2D eigenvalue weighted by Crippen LogP contribution is -2.51. The van der Waals surface area contributed by atoms with Crippen LogP contribution in [-0.4, -0.2) is 48.9 Å². The zero-order valence-electron chi connectivity index (χ0n) is 15.5. The molecule has 1 saturated heterocycles. The molecular formula is C17H24N6O3S. The number of rotatable bonds is 5. The van der Waals surface area contributed by atoms with E-state index in [1.807, 2.05) is 11.6 Å². The van der Waals surface area contributed by atoms with Gasteiger partial charge in [-0.15, -0.1) is 10.2 Å². The highest BCUT2D eigenvalue weighted by molar-refractivity contribution is 7.99. The molecule has 1 aliphatic heterocycles. The summed E-state index contributed by atoms with van der Waals surface area (Å²) >= 11 is 1.24. The molecule has 4 amide bonds. The van der Waals surface area contributed by atoms with E-state index in [4.69, 9.17) is 0 Å². The van der Waals surface area contributed by atoms with E-state index in [0.29, 0.717) is 29.8 Å². The van der Waals surface area contributed by atoms with E-state index >= 15 is 0 Å². The summed E-state index contributed by atoms with van der Waals surface area (Å²) in [5.41, 5.74) is 1.59. The zero-order valence-corrected chi connectivity index (χ0v) is 16.3. The van der Waals surface area contributed by atoms with E-state index in [-0.39, 0.29) is 11.7 Å². The molecule has 2 N–H and O–H groups in total. The first-order valence-corrected chi connectivity index (χ1v) is 10.4. The molecular weight excluding hydrogens is 368 g/mol. The Bertz CT molecular complexity index is 782. The van der Waals surface area contributed by atoms with E-state index in [1.54, 1.807) is 0 Å². The number of thioether (sulfide) groups is 1. The first-order chi connectivity index (χ1) is 12.9. The highest BCUT2D eigenvalue weighted by atomic mass is 32.2. The molecule has 1 aromatic rings. The van der Waals surface area contributed by atoms with Gasteiger partial charge in [-0.05, 0) is 44.4 Å². The molecule has 10 heteroatoms. The summed E-state index contributed by atoms with van der Waals surface area (Å²) in [6.45, 7) is 2.14. The van der Waals surface area contributed by atoms with Crippen LogP contribution in [0.5, 0.6) is 0 Å². The Morgan fingerprint density at radius 1 is 1.26 bits per heavy atom. The van der Waals surface area contributed by atoms with Gasteiger partial charge < -0.3 is 9.88 Å². The van der Waals surface area contributed by atoms with Gasteiger partial charge in [0.15, 0.2) is 5.16 Å². The number of nitrogens with zero attached hydrogens (tertiary/aromatic N) is 4. The van der Waals surface area contributed by atoms with E-state index < -0.39 is 17.5 Å². The first kappa shape index (κ1) is 18.3. The SMILES string of the molecule is CC1CCC2(CC1)NC(=O)N(NC(=O)CSc1nnc(C3CC3)n1C)C2=O. The second-order valence-corrected chi connectivity index (χ2v) is 8.78. The van der Waals surface area contributed by atoms with Gasteiger partial charge in [0.25, 0.3) is 5.91 Å². The number of carbonyl (C=O) groups is 3. The van der Waals surface area contributed by atoms with Crippen LogP contribution in [0.1, 0.15) is 57.2 Å². The van der Waals surface area contributed by atoms with Crippen LogP contribution in [0.25, 0.3) is 0 Å². The van der Waals surface area contributed by atoms with Crippen molar-refractivity contribution in [3.63, 3.8) is 0 Å². The summed E-state index contributed by atoms with van der Waals surface area (Å²) in [6.07, 6.45) is 5.26. The Kier molecular flexibility index (Phi) is 4.61. The summed E-state index contributed by atoms with van der Waals surface area (Å²) in [7, 11) is 1.89. The van der Waals surface area contributed by atoms with Gasteiger partial charge in [0.2, 0.25) is 5.91 Å². The highest BCUT2D eigenvalue weighted by Crippen LogP contribution is 2.39. The number of hydrogen-bond donors (Lipinski definition) is 2. The summed E-state index contributed by atoms with van der Waals surface area (Å²) in [4.78, 5) is 37.3. The molecule has 9 nitrogen and oxygen atoms in total. The Morgan fingerprint density at radius 2 is 1.96 bits per heavy atom. The second kappa shape index (κ2) is 6.81. The Labute approximate surface area is 161 Å². The number of imide groups is 1. The summed E-state index contributed by atoms with van der Waals surface area (Å²) in [6, 6.07) is -0.553. The van der Waals surface area contributed by atoms with Crippen LogP contribution in [-0.2, 0) is 16.6 Å². The predicted octanol–water partition coefficient (Wildman–Crippen LogP) is 1.32. The Morgan fingerprint density at radius 3 is 2.63 bits per heavy atom. The van der Waals surface area contributed by atoms with Gasteiger partial charge in [0, 0.05) is 13.0 Å². The van der Waals surface area contributed by atoms with Crippen molar-refractivity contribution in [3.05, 3.63) is 5.82 Å². The maximum absolute atomic E-state index is 12.7. The minimum absolute atomic E-state index is 0.0533. The average Bonchev–Trinajstić information content (AvgIpc) is 3.38. The van der Waals surface area contributed by atoms with Crippen molar-refractivity contribution in [1.82, 2.24) is 30.5 Å². The lowest BCUT2D eigenvalue weighted by atomic mass is 9.77. The summed E-state index contributed by atoms with van der Waals surface area (Å²) in [5, 5.41) is 12.6. The molecule has 0 bridgehead atoms. The van der Waals surface area contributed by atoms with Crippen LogP contribution < -0.4 is 10.7 Å². The predicted molar refractivity (Wildman–Crippen MR) is 97.6 cm³/mol. The van der Waals surface area contributed by atoms with Crippen molar-refractivity contribution in [2.24, 2.45) is 13.0 Å². The van der Waals surface area contributed by atoms with Gasteiger partial charge in [-0.1, -0.05) is 18.7 Å². The van der Waals surface area contributed by atoms with Gasteiger partial charge in [-0.3, -0.25) is 15.0 Å². The van der Waals surface area contributed by atoms with Crippen LogP contribution in [0.3, 0.4) is 0 Å². The molecule has 0 radical (unpaired) electrons. The van der Waals surface area contributed by atoms with Gasteiger partial charge in [-0.25, -0.2) is 4.79 Å². The fourth-order valence-electron chi connectivity index (χ4n) is 3.75. The largest absolute Gasteiger partial charge is 0.344 e. The molecule has 1 spiro atoms. The standard InChI is InChI=1S/C17H24N6O3S/c1-10-5-7-17(8-6-10)14(25)23(15(26)18-17)21-12(24)9-27-16-20-19-13(22(16)2)11-3-4-11/h10-11H,3-9H2,1-2H3,(H,18,26)(H,21,24). The van der Waals surface area contributed by atoms with Crippen LogP contribution in [0.15, 0.2) is 5.16 Å². The molecule has 2 saturated carbocycles. The molecule has 3 fully saturated rings. The maximum atomic E-state index is 12.7. The van der Waals surface area contributed by atoms with Crippen LogP contribution in [0.2, 0.25) is 0 Å². The van der Waals surface area contributed by atoms with Crippen molar-refractivity contribution < 1.29 is 14.4 Å². The molecule has 0 aromatic carbocycles. The molecule has 146 valence electrons. The lowest BCUT2D eigenvalue weighted by molar-refractivity contribution is -0.139. The number of urea groups is 1. The van der Waals surface area contributed by atoms with Crippen LogP contribution in [0, 0.1) is 5.92 Å². The number of hydrogen-bond acceptors (Lipinski definition) is 6. The zero-order chi connectivity index (χ0) is 19.2. The third kappa shape index (κ3) is 3.42. The molecule has 1 aromatic heterocycles. The lowest BCUT2D eigenvalue weighted by Gasteiger charge is -2.33. The fraction of sp³-hybridized carbons (Fsp3) is 0.706. The first-order valence-electron chi connectivity index (χ1n) is 9.38. The number of amides is 4. The van der Waals surface area contributed by atoms with Crippen LogP contribution in [0.4, 0.5) is 4.79 Å². The Hall–Kier alpha value is -2.10. The highest BCUT2D eigenvalue weighted by Gasteiger charge is 2.52. The van der Waals surface area contributed by atoms with Gasteiger partial charge in [0.05, 0.1) is 5.75 Å². The van der Waals surface area contributed by atoms with Gasteiger partial charge >= 0.3 is 6.03 Å². The van der Waals surface area contributed by atoms with Crippen molar-refractivity contribution in [2.45, 2.75) is 62.1 Å². The maximum Gasteiger partial charge on any atom is 0.344 e. The summed E-state index contributed by atoms with van der Waals surface area (Å²) < 4.78 is 1.90. The second-order valence-electron chi connectivity index (χ2n) is 7.83. The minimum Gasteiger partial charge on any atom is -0.322 e. The molecule has 2 aliphatic carbocycles. The van der Waals surface area contributed by atoms with E-state index in [2.05, 4.69) is 27.9 Å². The van der Waals surface area contributed by atoms with Gasteiger partial charge in [0.1, 0.15) is 11.4 Å². The smallest absolute Gasteiger partial charge is 0.322 e. The number of carbonyl (C=O) groups excluding carboxylic acids is 3. The quantitative estimate of drug-likeness (QED) is 0.578. The minimum atomic E-state index is -0.854. The number of nitrogens with one attached hydrogen (secondary N) is 2. The molecule has 27 heavy (non-hydrogen) atoms. The number of aromatic nitrogens is 3. The topological polar surface area (TPSA) is 109 Å². The van der Waals surface area contributed by atoms with Crippen molar-refractivity contribution in [3.8, 4) is 0 Å². The van der Waals surface area contributed by atoms with Crippen molar-refractivity contribution >= 4 is 29.6 Å². The third-order valence-corrected chi connectivity index (χ3v) is 6.69. The van der Waals surface area contributed by atoms with E-state index in [0.717, 1.165) is 36.5 Å².